The Kier molecular flexibility index (Phi) is 7.29. The van der Waals surface area contributed by atoms with Crippen LogP contribution in [0.5, 0.6) is 11.5 Å². The monoisotopic (exact) mass is 343 g/mol. The Labute approximate surface area is 148 Å². The Morgan fingerprint density at radius 3 is 2.32 bits per heavy atom. The lowest BCUT2D eigenvalue weighted by Crippen LogP contribution is -2.33. The van der Waals surface area contributed by atoms with E-state index in [2.05, 4.69) is 17.4 Å². The molecule has 2 rings (SSSR count). The Morgan fingerprint density at radius 1 is 0.960 bits per heavy atom. The second-order valence-corrected chi connectivity index (χ2v) is 5.74. The van der Waals surface area contributed by atoms with Gasteiger partial charge < -0.3 is 19.5 Å². The second kappa shape index (κ2) is 9.69. The second-order valence-electron chi connectivity index (χ2n) is 5.74. The van der Waals surface area contributed by atoms with E-state index in [4.69, 9.17) is 14.2 Å². The van der Waals surface area contributed by atoms with Crippen molar-refractivity contribution in [3.63, 3.8) is 0 Å². The minimum Gasteiger partial charge on any atom is -0.493 e. The van der Waals surface area contributed by atoms with E-state index in [-0.39, 0.29) is 12.0 Å². The minimum atomic E-state index is -0.231. The molecule has 0 aliphatic heterocycles. The summed E-state index contributed by atoms with van der Waals surface area (Å²) in [5.74, 6) is 1.14. The van der Waals surface area contributed by atoms with Gasteiger partial charge in [-0.05, 0) is 29.7 Å². The smallest absolute Gasteiger partial charge is 0.307 e. The Balaban J connectivity index is 2.08. The summed E-state index contributed by atoms with van der Waals surface area (Å²) in [6.45, 7) is 0.690. The van der Waals surface area contributed by atoms with Crippen LogP contribution in [0.25, 0.3) is 0 Å². The maximum Gasteiger partial charge on any atom is 0.307 e. The van der Waals surface area contributed by atoms with Crippen LogP contribution in [0.2, 0.25) is 0 Å². The van der Waals surface area contributed by atoms with E-state index in [1.807, 2.05) is 36.4 Å². The summed E-state index contributed by atoms with van der Waals surface area (Å²) in [5, 5.41) is 3.44. The number of nitrogens with one attached hydrogen (secondary N) is 1. The van der Waals surface area contributed by atoms with Crippen LogP contribution in [0.15, 0.2) is 48.5 Å². The highest BCUT2D eigenvalue weighted by atomic mass is 16.5. The maximum atomic E-state index is 11.7. The third-order valence-corrected chi connectivity index (χ3v) is 4.01. The average molecular weight is 343 g/mol. The molecule has 0 fully saturated rings. The van der Waals surface area contributed by atoms with E-state index in [0.29, 0.717) is 30.9 Å². The van der Waals surface area contributed by atoms with E-state index in [9.17, 15) is 4.79 Å². The predicted octanol–water partition coefficient (Wildman–Crippen LogP) is 2.97. The van der Waals surface area contributed by atoms with Gasteiger partial charge in [0.25, 0.3) is 0 Å². The number of carbonyl (C=O) groups excluding carboxylic acids is 1. The van der Waals surface area contributed by atoms with E-state index >= 15 is 0 Å². The van der Waals surface area contributed by atoms with Gasteiger partial charge >= 0.3 is 5.97 Å². The molecule has 0 spiro atoms. The number of ether oxygens (including phenoxy) is 3. The highest BCUT2D eigenvalue weighted by molar-refractivity contribution is 5.70. The molecule has 0 aliphatic carbocycles. The fraction of sp³-hybridized carbons (Fsp3) is 0.350. The van der Waals surface area contributed by atoms with E-state index in [1.165, 1.54) is 12.7 Å². The molecule has 0 aromatic heterocycles. The van der Waals surface area contributed by atoms with Crippen LogP contribution in [0.1, 0.15) is 17.5 Å². The molecule has 134 valence electrons. The summed E-state index contributed by atoms with van der Waals surface area (Å²) in [7, 11) is 4.63. The number of hydrogen-bond acceptors (Lipinski definition) is 5. The van der Waals surface area contributed by atoms with Gasteiger partial charge in [-0.2, -0.15) is 0 Å². The lowest BCUT2D eigenvalue weighted by atomic mass is 10.0. The van der Waals surface area contributed by atoms with Gasteiger partial charge in [0.05, 0.1) is 27.8 Å². The zero-order valence-corrected chi connectivity index (χ0v) is 15.0. The van der Waals surface area contributed by atoms with Crippen LogP contribution in [-0.4, -0.2) is 33.3 Å². The van der Waals surface area contributed by atoms with Crippen LogP contribution < -0.4 is 14.8 Å². The van der Waals surface area contributed by atoms with Crippen LogP contribution in [0.4, 0.5) is 0 Å². The molecule has 1 N–H and O–H groups in total. The third kappa shape index (κ3) is 5.80. The van der Waals surface area contributed by atoms with Crippen LogP contribution in [-0.2, 0) is 22.5 Å². The molecule has 1 unspecified atom stereocenters. The van der Waals surface area contributed by atoms with Gasteiger partial charge in [-0.1, -0.05) is 36.4 Å². The molecule has 0 radical (unpaired) electrons. The van der Waals surface area contributed by atoms with Crippen molar-refractivity contribution in [2.75, 3.05) is 21.3 Å². The Bertz CT molecular complexity index is 673. The SMILES string of the molecule is COC(=O)CC(Cc1ccc(OC)c(OC)c1)NCc1ccccc1. The fourth-order valence-corrected chi connectivity index (χ4v) is 2.65. The van der Waals surface area contributed by atoms with E-state index in [1.54, 1.807) is 14.2 Å². The number of rotatable bonds is 9. The van der Waals surface area contributed by atoms with Crippen molar-refractivity contribution < 1.29 is 19.0 Å². The number of carbonyl (C=O) groups is 1. The number of esters is 1. The maximum absolute atomic E-state index is 11.7. The van der Waals surface area contributed by atoms with Crippen molar-refractivity contribution in [3.8, 4) is 11.5 Å². The molecule has 0 aliphatic rings. The highest BCUT2D eigenvalue weighted by Gasteiger charge is 2.16. The van der Waals surface area contributed by atoms with Gasteiger partial charge in [0, 0.05) is 12.6 Å². The van der Waals surface area contributed by atoms with E-state index in [0.717, 1.165) is 5.56 Å². The molecule has 25 heavy (non-hydrogen) atoms. The normalized spacial score (nSPS) is 11.6. The molecule has 1 atom stereocenters. The number of methoxy groups -OCH3 is 3. The standard InChI is InChI=1S/C20H25NO4/c1-23-18-10-9-16(12-19(18)24-2)11-17(13-20(22)25-3)21-14-15-7-5-4-6-8-15/h4-10,12,17,21H,11,13-14H2,1-3H3. The average Bonchev–Trinajstić information content (AvgIpc) is 2.66. The summed E-state index contributed by atoms with van der Waals surface area (Å²) < 4.78 is 15.4. The van der Waals surface area contributed by atoms with Crippen molar-refractivity contribution in [1.82, 2.24) is 5.32 Å². The summed E-state index contributed by atoms with van der Waals surface area (Å²) >= 11 is 0. The van der Waals surface area contributed by atoms with E-state index < -0.39 is 0 Å². The quantitative estimate of drug-likeness (QED) is 0.710. The largest absolute Gasteiger partial charge is 0.493 e. The van der Waals surface area contributed by atoms with Crippen molar-refractivity contribution >= 4 is 5.97 Å². The van der Waals surface area contributed by atoms with Gasteiger partial charge in [-0.15, -0.1) is 0 Å². The fourth-order valence-electron chi connectivity index (χ4n) is 2.65. The van der Waals surface area contributed by atoms with Gasteiger partial charge in [-0.3, -0.25) is 4.79 Å². The molecule has 5 heteroatoms. The first-order valence-corrected chi connectivity index (χ1v) is 8.21. The number of benzene rings is 2. The van der Waals surface area contributed by atoms with Crippen LogP contribution in [0, 0.1) is 0 Å². The molecule has 0 bridgehead atoms. The van der Waals surface area contributed by atoms with Gasteiger partial charge in [0.2, 0.25) is 0 Å². The molecular weight excluding hydrogens is 318 g/mol. The van der Waals surface area contributed by atoms with Crippen molar-refractivity contribution in [1.29, 1.82) is 0 Å². The summed E-state index contributed by atoms with van der Waals surface area (Å²) in [5.41, 5.74) is 2.23. The zero-order chi connectivity index (χ0) is 18.1. The van der Waals surface area contributed by atoms with Crippen molar-refractivity contribution in [2.45, 2.75) is 25.4 Å². The molecule has 5 nitrogen and oxygen atoms in total. The zero-order valence-electron chi connectivity index (χ0n) is 15.0. The molecular formula is C20H25NO4. The summed E-state index contributed by atoms with van der Waals surface area (Å²) in [6, 6.07) is 15.9. The van der Waals surface area contributed by atoms with Crippen LogP contribution in [0.3, 0.4) is 0 Å². The topological polar surface area (TPSA) is 56.8 Å². The lowest BCUT2D eigenvalue weighted by molar-refractivity contribution is -0.141. The molecule has 0 amide bonds. The summed E-state index contributed by atoms with van der Waals surface area (Å²) in [4.78, 5) is 11.7. The first kappa shape index (κ1) is 18.8. The molecule has 2 aromatic rings. The Hall–Kier alpha value is -2.53. The number of hydrogen-bond donors (Lipinski definition) is 1. The molecule has 2 aromatic carbocycles. The highest BCUT2D eigenvalue weighted by Crippen LogP contribution is 2.28. The Morgan fingerprint density at radius 2 is 1.68 bits per heavy atom. The third-order valence-electron chi connectivity index (χ3n) is 4.01. The van der Waals surface area contributed by atoms with Crippen molar-refractivity contribution in [3.05, 3.63) is 59.7 Å². The molecule has 0 heterocycles. The molecule has 0 saturated carbocycles. The summed E-state index contributed by atoms with van der Waals surface area (Å²) in [6.07, 6.45) is 0.986. The predicted molar refractivity (Wildman–Crippen MR) is 97.0 cm³/mol. The first-order valence-electron chi connectivity index (χ1n) is 8.21. The minimum absolute atomic E-state index is 0.0363. The van der Waals surface area contributed by atoms with Crippen molar-refractivity contribution in [2.24, 2.45) is 0 Å². The van der Waals surface area contributed by atoms with Crippen LogP contribution >= 0.6 is 0 Å². The molecule has 0 saturated heterocycles. The lowest BCUT2D eigenvalue weighted by Gasteiger charge is -2.19. The first-order chi connectivity index (χ1) is 12.2. The van der Waals surface area contributed by atoms with Gasteiger partial charge in [0.1, 0.15) is 0 Å². The van der Waals surface area contributed by atoms with Gasteiger partial charge in [-0.25, -0.2) is 0 Å². The van der Waals surface area contributed by atoms with Gasteiger partial charge in [0.15, 0.2) is 11.5 Å².